The van der Waals surface area contributed by atoms with E-state index >= 15 is 0 Å². The minimum atomic E-state index is 0.850. The quantitative estimate of drug-likeness (QED) is 0.625. The molecule has 0 spiro atoms. The van der Waals surface area contributed by atoms with Crippen molar-refractivity contribution in [1.29, 1.82) is 0 Å². The van der Waals surface area contributed by atoms with Gasteiger partial charge in [0.15, 0.2) is 0 Å². The Balaban J connectivity index is 2.13. The lowest BCUT2D eigenvalue weighted by Gasteiger charge is -2.35. The van der Waals surface area contributed by atoms with Crippen LogP contribution in [0.3, 0.4) is 0 Å². The highest BCUT2D eigenvalue weighted by Gasteiger charge is 2.19. The highest BCUT2D eigenvalue weighted by Crippen LogP contribution is 2.14. The van der Waals surface area contributed by atoms with Crippen molar-refractivity contribution in [3.63, 3.8) is 0 Å². The van der Waals surface area contributed by atoms with Crippen molar-refractivity contribution in [3.05, 3.63) is 0 Å². The zero-order chi connectivity index (χ0) is 10.4. The first-order valence-corrected chi connectivity index (χ1v) is 6.12. The lowest BCUT2D eigenvalue weighted by atomic mass is 10.0. The number of nitrogens with zero attached hydrogens (tertiary/aromatic N) is 2. The molecule has 0 radical (unpaired) electrons. The van der Waals surface area contributed by atoms with Crippen molar-refractivity contribution >= 4 is 0 Å². The Kier molecular flexibility index (Phi) is 5.49. The summed E-state index contributed by atoms with van der Waals surface area (Å²) in [7, 11) is 4.53. The van der Waals surface area contributed by atoms with Gasteiger partial charge < -0.3 is 9.80 Å². The second-order valence-electron chi connectivity index (χ2n) is 4.72. The molecule has 2 nitrogen and oxygen atoms in total. The third-order valence-corrected chi connectivity index (χ3v) is 3.43. The highest BCUT2D eigenvalue weighted by atomic mass is 15.2. The van der Waals surface area contributed by atoms with E-state index in [9.17, 15) is 0 Å². The normalized spacial score (nSPS) is 20.6. The van der Waals surface area contributed by atoms with E-state index in [-0.39, 0.29) is 0 Å². The SMILES string of the molecule is CCCCCN(C)C1CCN(C)CC1. The van der Waals surface area contributed by atoms with E-state index in [1.165, 1.54) is 51.7 Å². The molecule has 1 aliphatic rings. The fraction of sp³-hybridized carbons (Fsp3) is 1.00. The molecule has 1 aliphatic heterocycles. The maximum atomic E-state index is 2.57. The van der Waals surface area contributed by atoms with E-state index in [1.54, 1.807) is 0 Å². The van der Waals surface area contributed by atoms with Crippen molar-refractivity contribution in [1.82, 2.24) is 9.80 Å². The van der Waals surface area contributed by atoms with Gasteiger partial charge in [0.2, 0.25) is 0 Å². The molecule has 0 aromatic heterocycles. The van der Waals surface area contributed by atoms with Crippen LogP contribution in [0.2, 0.25) is 0 Å². The standard InChI is InChI=1S/C12H26N2/c1-4-5-6-9-14(3)12-7-10-13(2)11-8-12/h12H,4-11H2,1-3H3. The summed E-state index contributed by atoms with van der Waals surface area (Å²) in [6.45, 7) is 6.13. The Labute approximate surface area is 89.3 Å². The van der Waals surface area contributed by atoms with Crippen LogP contribution in [0.1, 0.15) is 39.0 Å². The summed E-state index contributed by atoms with van der Waals surface area (Å²) in [4.78, 5) is 5.01. The zero-order valence-corrected chi connectivity index (χ0v) is 10.1. The van der Waals surface area contributed by atoms with Gasteiger partial charge in [0, 0.05) is 6.04 Å². The van der Waals surface area contributed by atoms with Crippen LogP contribution in [-0.2, 0) is 0 Å². The molecule has 0 unspecified atom stereocenters. The molecule has 0 aliphatic carbocycles. The fourth-order valence-corrected chi connectivity index (χ4v) is 2.23. The first kappa shape index (κ1) is 12.0. The van der Waals surface area contributed by atoms with Gasteiger partial charge in [0.1, 0.15) is 0 Å². The largest absolute Gasteiger partial charge is 0.306 e. The molecule has 1 rings (SSSR count). The zero-order valence-electron chi connectivity index (χ0n) is 10.1. The minimum Gasteiger partial charge on any atom is -0.306 e. The summed E-state index contributed by atoms with van der Waals surface area (Å²) in [6, 6.07) is 0.850. The van der Waals surface area contributed by atoms with Crippen LogP contribution in [0.15, 0.2) is 0 Å². The molecule has 1 fully saturated rings. The van der Waals surface area contributed by atoms with Crippen LogP contribution in [0.5, 0.6) is 0 Å². The van der Waals surface area contributed by atoms with Gasteiger partial charge in [-0.15, -0.1) is 0 Å². The van der Waals surface area contributed by atoms with Gasteiger partial charge in [-0.25, -0.2) is 0 Å². The topological polar surface area (TPSA) is 6.48 Å². The second-order valence-corrected chi connectivity index (χ2v) is 4.72. The molecule has 0 N–H and O–H groups in total. The number of piperidine rings is 1. The van der Waals surface area contributed by atoms with Crippen LogP contribution < -0.4 is 0 Å². The molecule has 0 aromatic carbocycles. The lowest BCUT2D eigenvalue weighted by Crippen LogP contribution is -2.42. The third-order valence-electron chi connectivity index (χ3n) is 3.43. The van der Waals surface area contributed by atoms with Crippen molar-refractivity contribution < 1.29 is 0 Å². The number of likely N-dealkylation sites (tertiary alicyclic amines) is 1. The molecule has 0 saturated carbocycles. The van der Waals surface area contributed by atoms with Crippen LogP contribution in [0.25, 0.3) is 0 Å². The van der Waals surface area contributed by atoms with Crippen LogP contribution in [0.4, 0.5) is 0 Å². The van der Waals surface area contributed by atoms with Crippen LogP contribution >= 0.6 is 0 Å². The van der Waals surface area contributed by atoms with E-state index in [1.807, 2.05) is 0 Å². The molecule has 0 atom stereocenters. The Morgan fingerprint density at radius 3 is 2.43 bits per heavy atom. The highest BCUT2D eigenvalue weighted by molar-refractivity contribution is 4.76. The summed E-state index contributed by atoms with van der Waals surface area (Å²) in [6.07, 6.45) is 6.82. The summed E-state index contributed by atoms with van der Waals surface area (Å²) in [5, 5.41) is 0. The number of hydrogen-bond donors (Lipinski definition) is 0. The third kappa shape index (κ3) is 3.97. The Morgan fingerprint density at radius 1 is 1.21 bits per heavy atom. The fourth-order valence-electron chi connectivity index (χ4n) is 2.23. The molecular weight excluding hydrogens is 172 g/mol. The van der Waals surface area contributed by atoms with Gasteiger partial charge in [-0.3, -0.25) is 0 Å². The van der Waals surface area contributed by atoms with Crippen molar-refractivity contribution in [2.24, 2.45) is 0 Å². The van der Waals surface area contributed by atoms with Gasteiger partial charge in [-0.05, 0) is 53.0 Å². The summed E-state index contributed by atoms with van der Waals surface area (Å²) >= 11 is 0. The molecule has 84 valence electrons. The lowest BCUT2D eigenvalue weighted by molar-refractivity contribution is 0.143. The first-order chi connectivity index (χ1) is 6.74. The summed E-state index contributed by atoms with van der Waals surface area (Å²) in [5.74, 6) is 0. The average molecular weight is 198 g/mol. The predicted molar refractivity (Wildman–Crippen MR) is 62.7 cm³/mol. The molecule has 2 heteroatoms. The van der Waals surface area contributed by atoms with Crippen LogP contribution in [-0.4, -0.2) is 49.6 Å². The molecule has 1 heterocycles. The van der Waals surface area contributed by atoms with E-state index < -0.39 is 0 Å². The van der Waals surface area contributed by atoms with Gasteiger partial charge in [0.25, 0.3) is 0 Å². The number of hydrogen-bond acceptors (Lipinski definition) is 2. The molecule has 0 bridgehead atoms. The second kappa shape index (κ2) is 6.41. The van der Waals surface area contributed by atoms with E-state index in [0.717, 1.165) is 6.04 Å². The van der Waals surface area contributed by atoms with Crippen molar-refractivity contribution in [2.45, 2.75) is 45.1 Å². The van der Waals surface area contributed by atoms with Gasteiger partial charge in [-0.2, -0.15) is 0 Å². The Bertz CT molecular complexity index is 139. The van der Waals surface area contributed by atoms with Gasteiger partial charge >= 0.3 is 0 Å². The molecule has 1 saturated heterocycles. The predicted octanol–water partition coefficient (Wildman–Crippen LogP) is 2.20. The Hall–Kier alpha value is -0.0800. The monoisotopic (exact) mass is 198 g/mol. The van der Waals surface area contributed by atoms with E-state index in [4.69, 9.17) is 0 Å². The maximum absolute atomic E-state index is 2.57. The Morgan fingerprint density at radius 2 is 1.86 bits per heavy atom. The average Bonchev–Trinajstić information content (AvgIpc) is 2.19. The summed E-state index contributed by atoms with van der Waals surface area (Å²) < 4.78 is 0. The maximum Gasteiger partial charge on any atom is 0.0117 e. The number of rotatable bonds is 5. The molecule has 0 amide bonds. The summed E-state index contributed by atoms with van der Waals surface area (Å²) in [5.41, 5.74) is 0. The number of unbranched alkanes of at least 4 members (excludes halogenated alkanes) is 2. The molecular formula is C12H26N2. The first-order valence-electron chi connectivity index (χ1n) is 6.12. The van der Waals surface area contributed by atoms with Crippen LogP contribution in [0, 0.1) is 0 Å². The molecule has 14 heavy (non-hydrogen) atoms. The molecule has 0 aromatic rings. The van der Waals surface area contributed by atoms with Gasteiger partial charge in [0.05, 0.1) is 0 Å². The van der Waals surface area contributed by atoms with Gasteiger partial charge in [-0.1, -0.05) is 19.8 Å². The van der Waals surface area contributed by atoms with Crippen molar-refractivity contribution in [3.8, 4) is 0 Å². The minimum absolute atomic E-state index is 0.850. The van der Waals surface area contributed by atoms with E-state index in [0.29, 0.717) is 0 Å². The van der Waals surface area contributed by atoms with Crippen molar-refractivity contribution in [2.75, 3.05) is 33.7 Å². The van der Waals surface area contributed by atoms with E-state index in [2.05, 4.69) is 30.8 Å². The smallest absolute Gasteiger partial charge is 0.0117 e.